The number of carbonyl (C=O) groups excluding carboxylic acids is 1. The number of benzene rings is 1. The third-order valence-corrected chi connectivity index (χ3v) is 5.67. The Hall–Kier alpha value is -0.360. The molecule has 0 atom stereocenters. The molecular formula is C11H6Br2ClNOS. The van der Waals surface area contributed by atoms with Crippen molar-refractivity contribution in [1.82, 2.24) is 0 Å². The van der Waals surface area contributed by atoms with Gasteiger partial charge < -0.3 is 5.73 Å². The molecule has 2 N–H and O–H groups in total. The van der Waals surface area contributed by atoms with Gasteiger partial charge in [-0.25, -0.2) is 0 Å². The number of rotatable bonds is 2. The smallest absolute Gasteiger partial charge is 0.204 e. The summed E-state index contributed by atoms with van der Waals surface area (Å²) in [7, 11) is 0. The quantitative estimate of drug-likeness (QED) is 0.590. The molecule has 2 nitrogen and oxygen atoms in total. The zero-order chi connectivity index (χ0) is 12.6. The molecule has 6 heteroatoms. The van der Waals surface area contributed by atoms with Crippen molar-refractivity contribution < 1.29 is 4.79 Å². The van der Waals surface area contributed by atoms with Crippen LogP contribution in [0.15, 0.2) is 32.5 Å². The summed E-state index contributed by atoms with van der Waals surface area (Å²) in [6, 6.07) is 6.65. The zero-order valence-electron chi connectivity index (χ0n) is 8.34. The second-order valence-electron chi connectivity index (χ2n) is 3.30. The topological polar surface area (TPSA) is 43.1 Å². The third kappa shape index (κ3) is 2.73. The van der Waals surface area contributed by atoms with E-state index in [9.17, 15) is 4.79 Å². The monoisotopic (exact) mass is 393 g/mol. The van der Waals surface area contributed by atoms with E-state index in [1.165, 1.54) is 11.3 Å². The minimum Gasteiger partial charge on any atom is -0.399 e. The number of anilines is 1. The predicted molar refractivity (Wildman–Crippen MR) is 79.0 cm³/mol. The number of thiophene rings is 1. The Labute approximate surface area is 124 Å². The molecule has 2 aromatic rings. The van der Waals surface area contributed by atoms with Gasteiger partial charge in [-0.15, -0.1) is 11.3 Å². The van der Waals surface area contributed by atoms with Crippen molar-refractivity contribution in [3.63, 3.8) is 0 Å². The van der Waals surface area contributed by atoms with Gasteiger partial charge in [-0.05, 0) is 56.1 Å². The molecule has 0 fully saturated rings. The molecule has 0 aliphatic heterocycles. The summed E-state index contributed by atoms with van der Waals surface area (Å²) in [4.78, 5) is 12.8. The van der Waals surface area contributed by atoms with Crippen LogP contribution < -0.4 is 5.73 Å². The first-order valence-electron chi connectivity index (χ1n) is 4.53. The lowest BCUT2D eigenvalue weighted by atomic mass is 10.1. The van der Waals surface area contributed by atoms with Crippen molar-refractivity contribution in [2.45, 2.75) is 0 Å². The number of nitrogens with two attached hydrogens (primary N) is 1. The number of hydrogen-bond acceptors (Lipinski definition) is 3. The van der Waals surface area contributed by atoms with Crippen LogP contribution in [0.3, 0.4) is 0 Å². The highest BCUT2D eigenvalue weighted by Crippen LogP contribution is 2.34. The lowest BCUT2D eigenvalue weighted by Crippen LogP contribution is -2.00. The predicted octanol–water partition coefficient (Wildman–Crippen LogP) is 4.74. The van der Waals surface area contributed by atoms with Crippen LogP contribution in [0, 0.1) is 0 Å². The first-order chi connectivity index (χ1) is 7.99. The molecule has 0 spiro atoms. The van der Waals surface area contributed by atoms with Gasteiger partial charge in [-0.3, -0.25) is 4.79 Å². The van der Waals surface area contributed by atoms with Gasteiger partial charge in [0.15, 0.2) is 0 Å². The number of ketones is 1. The van der Waals surface area contributed by atoms with E-state index in [-0.39, 0.29) is 5.78 Å². The Bertz CT molecular complexity index is 578. The van der Waals surface area contributed by atoms with Crippen molar-refractivity contribution in [1.29, 1.82) is 0 Å². The minimum absolute atomic E-state index is 0.105. The summed E-state index contributed by atoms with van der Waals surface area (Å²) in [5, 5.41) is 0.371. The lowest BCUT2D eigenvalue weighted by Gasteiger charge is -2.02. The normalized spacial score (nSPS) is 10.5. The van der Waals surface area contributed by atoms with Gasteiger partial charge in [0, 0.05) is 15.7 Å². The molecule has 1 aromatic carbocycles. The molecule has 0 saturated carbocycles. The fourth-order valence-corrected chi connectivity index (χ4v) is 3.57. The fraction of sp³-hybridized carbons (Fsp3) is 0. The number of carbonyl (C=O) groups is 1. The third-order valence-electron chi connectivity index (χ3n) is 2.11. The Morgan fingerprint density at radius 1 is 1.29 bits per heavy atom. The minimum atomic E-state index is -0.105. The van der Waals surface area contributed by atoms with Crippen LogP contribution in [-0.4, -0.2) is 5.78 Å². The van der Waals surface area contributed by atoms with Crippen molar-refractivity contribution in [3.05, 3.63) is 48.0 Å². The lowest BCUT2D eigenvalue weighted by molar-refractivity contribution is 0.104. The van der Waals surface area contributed by atoms with E-state index in [1.807, 2.05) is 0 Å². The highest BCUT2D eigenvalue weighted by atomic mass is 79.9. The maximum absolute atomic E-state index is 12.2. The second kappa shape index (κ2) is 5.10. The number of hydrogen-bond donors (Lipinski definition) is 1. The maximum atomic E-state index is 12.2. The zero-order valence-corrected chi connectivity index (χ0v) is 13.1. The summed E-state index contributed by atoms with van der Waals surface area (Å²) in [5.41, 5.74) is 6.59. The molecular weight excluding hydrogens is 389 g/mol. The molecule has 0 radical (unpaired) electrons. The van der Waals surface area contributed by atoms with Crippen LogP contribution in [0.5, 0.6) is 0 Å². The number of halogens is 3. The highest BCUT2D eigenvalue weighted by Gasteiger charge is 2.16. The molecule has 1 aromatic heterocycles. The summed E-state index contributed by atoms with van der Waals surface area (Å²) in [6.45, 7) is 0. The van der Waals surface area contributed by atoms with Crippen molar-refractivity contribution in [3.8, 4) is 0 Å². The summed E-state index contributed by atoms with van der Waals surface area (Å²) in [5.74, 6) is -0.105. The summed E-state index contributed by atoms with van der Waals surface area (Å²) >= 11 is 14.1. The molecule has 0 aliphatic carbocycles. The van der Waals surface area contributed by atoms with Crippen molar-refractivity contribution in [2.24, 2.45) is 0 Å². The molecule has 0 aliphatic rings. The van der Waals surface area contributed by atoms with Crippen LogP contribution in [0.25, 0.3) is 0 Å². The van der Waals surface area contributed by atoms with Crippen LogP contribution in [0.1, 0.15) is 15.2 Å². The molecule has 0 saturated heterocycles. The van der Waals surface area contributed by atoms with E-state index < -0.39 is 0 Å². The first-order valence-corrected chi connectivity index (χ1v) is 7.31. The SMILES string of the molecule is Nc1ccc(C(=O)c2cc(Br)c(Br)s2)c(Cl)c1. The standard InChI is InChI=1S/C11H6Br2ClNOS/c12-7-4-9(17-11(7)13)10(16)6-2-1-5(15)3-8(6)14/h1-4H,15H2. The van der Waals surface area contributed by atoms with E-state index in [0.717, 1.165) is 8.26 Å². The van der Waals surface area contributed by atoms with Crippen molar-refractivity contribution >= 4 is 66.3 Å². The molecule has 2 rings (SSSR count). The molecule has 0 bridgehead atoms. The second-order valence-corrected chi connectivity index (χ2v) is 6.93. The van der Waals surface area contributed by atoms with Gasteiger partial charge in [0.05, 0.1) is 13.7 Å². The molecule has 88 valence electrons. The summed E-state index contributed by atoms with van der Waals surface area (Å²) in [6.07, 6.45) is 0. The van der Waals surface area contributed by atoms with Gasteiger partial charge in [0.25, 0.3) is 0 Å². The largest absolute Gasteiger partial charge is 0.399 e. The highest BCUT2D eigenvalue weighted by molar-refractivity contribution is 9.13. The molecule has 0 unspecified atom stereocenters. The van der Waals surface area contributed by atoms with Crippen LogP contribution in [0.4, 0.5) is 5.69 Å². The average Bonchev–Trinajstić information content (AvgIpc) is 2.58. The van der Waals surface area contributed by atoms with E-state index in [4.69, 9.17) is 17.3 Å². The van der Waals surface area contributed by atoms with Gasteiger partial charge >= 0.3 is 0 Å². The molecule has 1 heterocycles. The van der Waals surface area contributed by atoms with Crippen LogP contribution in [-0.2, 0) is 0 Å². The van der Waals surface area contributed by atoms with Gasteiger partial charge in [-0.1, -0.05) is 11.6 Å². The molecule has 17 heavy (non-hydrogen) atoms. The van der Waals surface area contributed by atoms with Crippen LogP contribution >= 0.6 is 54.8 Å². The Balaban J connectivity index is 2.43. The Morgan fingerprint density at radius 2 is 2.00 bits per heavy atom. The average molecular weight is 396 g/mol. The van der Waals surface area contributed by atoms with Gasteiger partial charge in [0.2, 0.25) is 5.78 Å². The first kappa shape index (κ1) is 13.1. The van der Waals surface area contributed by atoms with Crippen molar-refractivity contribution in [2.75, 3.05) is 5.73 Å². The van der Waals surface area contributed by atoms with E-state index >= 15 is 0 Å². The Kier molecular flexibility index (Phi) is 3.92. The van der Waals surface area contributed by atoms with Crippen LogP contribution in [0.2, 0.25) is 5.02 Å². The van der Waals surface area contributed by atoms with Gasteiger partial charge in [-0.2, -0.15) is 0 Å². The van der Waals surface area contributed by atoms with Gasteiger partial charge in [0.1, 0.15) is 0 Å². The summed E-state index contributed by atoms with van der Waals surface area (Å²) < 4.78 is 1.74. The maximum Gasteiger partial charge on any atom is 0.204 e. The van der Waals surface area contributed by atoms with E-state index in [0.29, 0.717) is 21.2 Å². The van der Waals surface area contributed by atoms with E-state index in [1.54, 1.807) is 24.3 Å². The van der Waals surface area contributed by atoms with E-state index in [2.05, 4.69) is 31.9 Å². The Morgan fingerprint density at radius 3 is 2.53 bits per heavy atom. The fourth-order valence-electron chi connectivity index (χ4n) is 1.31. The number of nitrogen functional groups attached to an aromatic ring is 1. The molecule has 0 amide bonds.